The second kappa shape index (κ2) is 9.81. The quantitative estimate of drug-likeness (QED) is 0.300. The lowest BCUT2D eigenvalue weighted by Gasteiger charge is -2.31. The molecule has 0 fully saturated rings. The Morgan fingerprint density at radius 1 is 0.722 bits per heavy atom. The van der Waals surface area contributed by atoms with Crippen molar-refractivity contribution in [1.29, 1.82) is 5.41 Å². The van der Waals surface area contributed by atoms with Gasteiger partial charge in [0.1, 0.15) is 17.9 Å². The van der Waals surface area contributed by atoms with Crippen molar-refractivity contribution >= 4 is 56.5 Å². The van der Waals surface area contributed by atoms with Gasteiger partial charge < -0.3 is 13.7 Å². The molecule has 0 spiro atoms. The van der Waals surface area contributed by atoms with Crippen LogP contribution in [0.25, 0.3) is 11.0 Å². The standard InChI is InChI=1S/C28H22N4O2S.BrH/c29-28-30(18-20-10-2-1-3-11-20)21-12-4-5-13-22(21)31(28)19-27(33)32-23-14-6-8-16-25(23)35(34)26-17-9-7-15-24(26)32;/h1-17,29H,18-19H2;1H. The van der Waals surface area contributed by atoms with Crippen LogP contribution in [0.5, 0.6) is 0 Å². The monoisotopic (exact) mass is 558 g/mol. The fourth-order valence-corrected chi connectivity index (χ4v) is 6.04. The molecule has 36 heavy (non-hydrogen) atoms. The highest BCUT2D eigenvalue weighted by molar-refractivity contribution is 8.93. The maximum Gasteiger partial charge on any atom is 0.251 e. The van der Waals surface area contributed by atoms with Gasteiger partial charge in [-0.15, -0.1) is 17.0 Å². The fourth-order valence-electron chi connectivity index (χ4n) is 4.70. The van der Waals surface area contributed by atoms with Crippen molar-refractivity contribution in [3.63, 3.8) is 0 Å². The first-order chi connectivity index (χ1) is 17.1. The van der Waals surface area contributed by atoms with Crippen LogP contribution < -0.4 is 10.5 Å². The number of aromatic nitrogens is 2. The lowest BCUT2D eigenvalue weighted by atomic mass is 10.2. The van der Waals surface area contributed by atoms with Crippen molar-refractivity contribution in [3.8, 4) is 0 Å². The maximum absolute atomic E-state index is 13.9. The topological polar surface area (TPSA) is 77.1 Å². The third-order valence-corrected chi connectivity index (χ3v) is 7.80. The van der Waals surface area contributed by atoms with Crippen molar-refractivity contribution in [1.82, 2.24) is 9.13 Å². The Kier molecular flexibility index (Phi) is 6.57. The number of nitrogens with one attached hydrogen (secondary N) is 1. The van der Waals surface area contributed by atoms with Gasteiger partial charge in [0.2, 0.25) is 5.62 Å². The number of rotatable bonds is 4. The van der Waals surface area contributed by atoms with Crippen LogP contribution in [0, 0.1) is 5.41 Å². The Labute approximate surface area is 221 Å². The number of benzene rings is 4. The Hall–Kier alpha value is -3.59. The predicted octanol–water partition coefficient (Wildman–Crippen LogP) is 5.39. The molecule has 0 unspecified atom stereocenters. The van der Waals surface area contributed by atoms with Gasteiger partial charge in [-0.1, -0.05) is 66.7 Å². The molecule has 8 heteroatoms. The number of fused-ring (bicyclic) bond motifs is 3. The Bertz CT molecular complexity index is 1580. The average Bonchev–Trinajstić information content (AvgIpc) is 3.15. The van der Waals surface area contributed by atoms with Crippen molar-refractivity contribution in [2.45, 2.75) is 22.9 Å². The predicted molar refractivity (Wildman–Crippen MR) is 146 cm³/mol. The summed E-state index contributed by atoms with van der Waals surface area (Å²) < 4.78 is 16.8. The first-order valence-electron chi connectivity index (χ1n) is 11.3. The summed E-state index contributed by atoms with van der Waals surface area (Å²) in [5, 5.41) is 8.96. The van der Waals surface area contributed by atoms with Crippen LogP contribution in [0.2, 0.25) is 0 Å². The number of anilines is 2. The summed E-state index contributed by atoms with van der Waals surface area (Å²) in [7, 11) is 0. The van der Waals surface area contributed by atoms with Crippen LogP contribution >= 0.6 is 17.0 Å². The number of hydrogen-bond acceptors (Lipinski definition) is 3. The van der Waals surface area contributed by atoms with Crippen molar-refractivity contribution in [2.75, 3.05) is 4.90 Å². The minimum Gasteiger partial charge on any atom is -0.606 e. The second-order valence-electron chi connectivity index (χ2n) is 8.40. The third-order valence-electron chi connectivity index (χ3n) is 6.31. The first kappa shape index (κ1) is 24.1. The molecule has 0 saturated carbocycles. The van der Waals surface area contributed by atoms with Gasteiger partial charge in [-0.3, -0.25) is 15.1 Å². The van der Waals surface area contributed by atoms with Crippen LogP contribution in [-0.4, -0.2) is 19.6 Å². The minimum absolute atomic E-state index is 0. The van der Waals surface area contributed by atoms with Gasteiger partial charge in [-0.25, -0.2) is 0 Å². The smallest absolute Gasteiger partial charge is 0.251 e. The van der Waals surface area contributed by atoms with E-state index in [-0.39, 0.29) is 35.1 Å². The number of imidazole rings is 1. The lowest BCUT2D eigenvalue weighted by Crippen LogP contribution is -2.37. The summed E-state index contributed by atoms with van der Waals surface area (Å²) in [6.45, 7) is 0.520. The SMILES string of the molecule is Br.N=c1n(CC(=O)N2c3ccccc3[S+]([O-])c3ccccc32)c2ccccc2n1Cc1ccccc1. The number of carbonyl (C=O) groups excluding carboxylic acids is 1. The minimum atomic E-state index is -1.36. The number of hydrogen-bond donors (Lipinski definition) is 1. The molecule has 6 nitrogen and oxygen atoms in total. The number of nitrogens with zero attached hydrogens (tertiary/aromatic N) is 3. The zero-order chi connectivity index (χ0) is 23.9. The first-order valence-corrected chi connectivity index (χ1v) is 12.5. The van der Waals surface area contributed by atoms with Crippen LogP contribution in [0.4, 0.5) is 11.4 Å². The van der Waals surface area contributed by atoms with Crippen LogP contribution in [-0.2, 0) is 29.1 Å². The molecule has 1 aromatic heterocycles. The summed E-state index contributed by atoms with van der Waals surface area (Å²) in [6, 6.07) is 32.4. The molecule has 1 amide bonds. The summed E-state index contributed by atoms with van der Waals surface area (Å²) in [4.78, 5) is 16.7. The van der Waals surface area contributed by atoms with E-state index in [1.54, 1.807) is 21.6 Å². The molecule has 0 saturated heterocycles. The molecule has 0 bridgehead atoms. The van der Waals surface area contributed by atoms with Gasteiger partial charge in [0, 0.05) is 11.2 Å². The summed E-state index contributed by atoms with van der Waals surface area (Å²) in [5.41, 5.74) is 4.30. The molecule has 1 aliphatic heterocycles. The highest BCUT2D eigenvalue weighted by atomic mass is 79.9. The molecule has 4 aromatic carbocycles. The maximum atomic E-state index is 13.9. The molecular formula is C28H23BrN4O2S. The number of amides is 1. The molecule has 1 N–H and O–H groups in total. The van der Waals surface area contributed by atoms with E-state index in [0.29, 0.717) is 27.7 Å². The van der Waals surface area contributed by atoms with Gasteiger partial charge >= 0.3 is 0 Å². The lowest BCUT2D eigenvalue weighted by molar-refractivity contribution is -0.118. The van der Waals surface area contributed by atoms with Crippen LogP contribution in [0.15, 0.2) is 113 Å². The Balaban J connectivity index is 0.00000267. The molecule has 6 rings (SSSR count). The average molecular weight is 559 g/mol. The molecule has 5 aromatic rings. The number of carbonyl (C=O) groups is 1. The summed E-state index contributed by atoms with van der Waals surface area (Å²) in [5.74, 6) is -0.192. The van der Waals surface area contributed by atoms with Crippen LogP contribution in [0.3, 0.4) is 0 Å². The highest BCUT2D eigenvalue weighted by Gasteiger charge is 2.36. The van der Waals surface area contributed by atoms with E-state index in [4.69, 9.17) is 5.41 Å². The third kappa shape index (κ3) is 3.97. The highest BCUT2D eigenvalue weighted by Crippen LogP contribution is 2.43. The van der Waals surface area contributed by atoms with E-state index in [1.165, 1.54) is 0 Å². The fraction of sp³-hybridized carbons (Fsp3) is 0.0714. The van der Waals surface area contributed by atoms with Gasteiger partial charge in [0.25, 0.3) is 5.91 Å². The normalized spacial score (nSPS) is 12.6. The summed E-state index contributed by atoms with van der Waals surface area (Å²) in [6.07, 6.45) is 0. The van der Waals surface area contributed by atoms with Crippen molar-refractivity contribution in [3.05, 3.63) is 114 Å². The molecular weight excluding hydrogens is 536 g/mol. The largest absolute Gasteiger partial charge is 0.606 e. The zero-order valence-electron chi connectivity index (χ0n) is 19.2. The molecule has 0 atom stereocenters. The molecule has 0 radical (unpaired) electrons. The van der Waals surface area contributed by atoms with E-state index in [9.17, 15) is 9.35 Å². The van der Waals surface area contributed by atoms with Gasteiger partial charge in [-0.05, 0) is 42.0 Å². The molecule has 1 aliphatic rings. The Morgan fingerprint density at radius 3 is 1.83 bits per heavy atom. The molecule has 2 heterocycles. The van der Waals surface area contributed by atoms with E-state index in [1.807, 2.05) is 95.6 Å². The molecule has 0 aliphatic carbocycles. The van der Waals surface area contributed by atoms with Gasteiger partial charge in [-0.2, -0.15) is 0 Å². The van der Waals surface area contributed by atoms with Crippen molar-refractivity contribution in [2.24, 2.45) is 0 Å². The second-order valence-corrected chi connectivity index (χ2v) is 9.82. The van der Waals surface area contributed by atoms with Crippen molar-refractivity contribution < 1.29 is 9.35 Å². The Morgan fingerprint density at radius 2 is 1.22 bits per heavy atom. The summed E-state index contributed by atoms with van der Waals surface area (Å²) >= 11 is -1.36. The molecule has 180 valence electrons. The zero-order valence-corrected chi connectivity index (χ0v) is 21.7. The van der Waals surface area contributed by atoms with E-state index >= 15 is 0 Å². The van der Waals surface area contributed by atoms with E-state index in [2.05, 4.69) is 0 Å². The number of para-hydroxylation sites is 4. The van der Waals surface area contributed by atoms with E-state index < -0.39 is 11.2 Å². The van der Waals surface area contributed by atoms with Gasteiger partial charge in [0.15, 0.2) is 9.79 Å². The van der Waals surface area contributed by atoms with E-state index in [0.717, 1.165) is 16.6 Å². The number of halogens is 1. The van der Waals surface area contributed by atoms with Crippen LogP contribution in [0.1, 0.15) is 5.56 Å². The van der Waals surface area contributed by atoms with Gasteiger partial charge in [0.05, 0.1) is 17.6 Å².